The molecule has 0 bridgehead atoms. The molecule has 0 fully saturated rings. The van der Waals surface area contributed by atoms with Gasteiger partial charge in [0.2, 0.25) is 0 Å². The van der Waals surface area contributed by atoms with Crippen LogP contribution in [0.4, 0.5) is 0 Å². The van der Waals surface area contributed by atoms with Crippen molar-refractivity contribution in [2.75, 3.05) is 0 Å². The Morgan fingerprint density at radius 2 is 0.887 bits per heavy atom. The van der Waals surface area contributed by atoms with Crippen molar-refractivity contribution in [2.45, 2.75) is 15.2 Å². The fourth-order valence-electron chi connectivity index (χ4n) is 9.76. The lowest BCUT2D eigenvalue weighted by atomic mass is 9.67. The van der Waals surface area contributed by atoms with E-state index >= 15 is 0 Å². The second-order valence-corrected chi connectivity index (χ2v) is 16.9. The molecule has 0 saturated heterocycles. The first-order valence-electron chi connectivity index (χ1n) is 20.7. The van der Waals surface area contributed by atoms with Gasteiger partial charge in [0.1, 0.15) is 0 Å². The molecule has 0 amide bonds. The topological polar surface area (TPSA) is 62.5 Å². The molecule has 1 aromatic heterocycles. The van der Waals surface area contributed by atoms with Crippen molar-refractivity contribution in [3.63, 3.8) is 0 Å². The normalized spacial score (nSPS) is 12.9. The van der Waals surface area contributed by atoms with E-state index in [4.69, 9.17) is 15.0 Å². The molecular formula is C57H34N4S. The Balaban J connectivity index is 1.15. The van der Waals surface area contributed by atoms with Crippen LogP contribution in [-0.4, -0.2) is 15.0 Å². The molecule has 0 N–H and O–H groups in total. The van der Waals surface area contributed by atoms with Gasteiger partial charge in [0.25, 0.3) is 0 Å². The highest BCUT2D eigenvalue weighted by Crippen LogP contribution is 2.64. The largest absolute Gasteiger partial charge is 0.208 e. The van der Waals surface area contributed by atoms with Crippen molar-refractivity contribution < 1.29 is 0 Å². The Labute approximate surface area is 363 Å². The summed E-state index contributed by atoms with van der Waals surface area (Å²) < 4.78 is 0. The average Bonchev–Trinajstić information content (AvgIpc) is 3.64. The van der Waals surface area contributed by atoms with Gasteiger partial charge < -0.3 is 0 Å². The molecule has 0 saturated carbocycles. The van der Waals surface area contributed by atoms with E-state index in [2.05, 4.69) is 152 Å². The number of hydrogen-bond acceptors (Lipinski definition) is 5. The standard InChI is InChI=1S/C57H34N4S/c58-35-36-26-28-37(29-27-36)41-31-32-44(43-19-8-7-18-42(41)43)45-20-13-23-50-53(45)46-34-40(56-60-54(38-14-3-1-4-15-38)59-55(61-56)39-16-5-2-6-17-39)30-33-47(46)57(50)48-21-9-11-24-51(48)62-52-25-12-10-22-49(52)57/h1-34H. The third-order valence-corrected chi connectivity index (χ3v) is 13.6. The van der Waals surface area contributed by atoms with Gasteiger partial charge in [-0.25, -0.2) is 15.0 Å². The Morgan fingerprint density at radius 1 is 0.371 bits per heavy atom. The van der Waals surface area contributed by atoms with Gasteiger partial charge in [-0.2, -0.15) is 5.26 Å². The van der Waals surface area contributed by atoms with E-state index < -0.39 is 5.41 Å². The molecule has 1 aliphatic carbocycles. The van der Waals surface area contributed by atoms with Crippen LogP contribution in [0.3, 0.4) is 0 Å². The van der Waals surface area contributed by atoms with Gasteiger partial charge in [-0.05, 0) is 96.7 Å². The van der Waals surface area contributed by atoms with Gasteiger partial charge in [0, 0.05) is 26.5 Å². The molecular weight excluding hydrogens is 773 g/mol. The fourth-order valence-corrected chi connectivity index (χ4v) is 11.0. The van der Waals surface area contributed by atoms with Crippen LogP contribution >= 0.6 is 11.8 Å². The number of benzene rings is 9. The van der Waals surface area contributed by atoms with Gasteiger partial charge in [-0.1, -0.05) is 188 Å². The van der Waals surface area contributed by atoms with E-state index in [0.29, 0.717) is 23.0 Å². The lowest BCUT2D eigenvalue weighted by Gasteiger charge is -2.39. The van der Waals surface area contributed by atoms with Gasteiger partial charge in [-0.15, -0.1) is 0 Å². The summed E-state index contributed by atoms with van der Waals surface area (Å²) in [7, 11) is 0. The molecule has 5 heteroatoms. The van der Waals surface area contributed by atoms with Crippen LogP contribution in [0.1, 0.15) is 27.8 Å². The van der Waals surface area contributed by atoms with Crippen LogP contribution in [0, 0.1) is 11.3 Å². The van der Waals surface area contributed by atoms with Crippen LogP contribution in [0.15, 0.2) is 216 Å². The Bertz CT molecular complexity index is 3340. The first-order chi connectivity index (χ1) is 30.7. The number of aromatic nitrogens is 3. The molecule has 288 valence electrons. The summed E-state index contributed by atoms with van der Waals surface area (Å²) in [5.74, 6) is 1.89. The summed E-state index contributed by atoms with van der Waals surface area (Å²) in [6.07, 6.45) is 0. The SMILES string of the molecule is N#Cc1ccc(-c2ccc(-c3cccc4c3-c3cc(-c5nc(-c6ccccc6)nc(-c6ccccc6)n5)ccc3C43c4ccccc4Sc4ccccc43)c3ccccc23)cc1. The Kier molecular flexibility index (Phi) is 8.35. The van der Waals surface area contributed by atoms with Crippen molar-refractivity contribution in [3.05, 3.63) is 234 Å². The number of nitrogens with zero attached hydrogens (tertiary/aromatic N) is 4. The molecule has 12 rings (SSSR count). The molecule has 62 heavy (non-hydrogen) atoms. The van der Waals surface area contributed by atoms with Crippen molar-refractivity contribution in [1.82, 2.24) is 15.0 Å². The number of nitriles is 1. The minimum atomic E-state index is -0.570. The number of rotatable bonds is 5. The predicted octanol–water partition coefficient (Wildman–Crippen LogP) is 14.1. The zero-order valence-corrected chi connectivity index (χ0v) is 34.1. The van der Waals surface area contributed by atoms with Crippen LogP contribution in [0.25, 0.3) is 78.3 Å². The summed E-state index contributed by atoms with van der Waals surface area (Å²) in [5.41, 5.74) is 14.8. The van der Waals surface area contributed by atoms with E-state index in [-0.39, 0.29) is 0 Å². The minimum absolute atomic E-state index is 0.570. The van der Waals surface area contributed by atoms with E-state index in [1.807, 2.05) is 72.4 Å². The van der Waals surface area contributed by atoms with Gasteiger partial charge >= 0.3 is 0 Å². The van der Waals surface area contributed by atoms with Crippen molar-refractivity contribution in [2.24, 2.45) is 0 Å². The maximum absolute atomic E-state index is 9.52. The van der Waals surface area contributed by atoms with Gasteiger partial charge in [0.05, 0.1) is 17.0 Å². The lowest BCUT2D eigenvalue weighted by Crippen LogP contribution is -2.31. The molecule has 4 nitrogen and oxygen atoms in total. The van der Waals surface area contributed by atoms with E-state index in [0.717, 1.165) is 44.3 Å². The molecule has 2 heterocycles. The zero-order valence-electron chi connectivity index (χ0n) is 33.3. The maximum atomic E-state index is 9.52. The quantitative estimate of drug-likeness (QED) is 0.173. The first-order valence-corrected chi connectivity index (χ1v) is 21.6. The lowest BCUT2D eigenvalue weighted by molar-refractivity contribution is 0.722. The second kappa shape index (κ2) is 14.4. The Morgan fingerprint density at radius 3 is 1.52 bits per heavy atom. The van der Waals surface area contributed by atoms with Gasteiger partial charge in [0.15, 0.2) is 17.5 Å². The average molecular weight is 807 g/mol. The summed E-state index contributed by atoms with van der Waals surface area (Å²) in [4.78, 5) is 17.9. The van der Waals surface area contributed by atoms with Crippen LogP contribution in [0.2, 0.25) is 0 Å². The van der Waals surface area contributed by atoms with E-state index in [1.165, 1.54) is 48.6 Å². The molecule has 10 aromatic rings. The maximum Gasteiger partial charge on any atom is 0.164 e. The third-order valence-electron chi connectivity index (χ3n) is 12.5. The van der Waals surface area contributed by atoms with E-state index in [1.54, 1.807) is 0 Å². The van der Waals surface area contributed by atoms with Crippen molar-refractivity contribution in [1.29, 1.82) is 5.26 Å². The summed E-state index contributed by atoms with van der Waals surface area (Å²) >= 11 is 1.85. The van der Waals surface area contributed by atoms with Crippen molar-refractivity contribution in [3.8, 4) is 73.6 Å². The highest BCUT2D eigenvalue weighted by molar-refractivity contribution is 7.99. The monoisotopic (exact) mass is 806 g/mol. The molecule has 2 aliphatic rings. The molecule has 9 aromatic carbocycles. The molecule has 1 spiro atoms. The fraction of sp³-hybridized carbons (Fsp3) is 0.0175. The molecule has 0 radical (unpaired) electrons. The molecule has 0 unspecified atom stereocenters. The van der Waals surface area contributed by atoms with Crippen LogP contribution in [-0.2, 0) is 5.41 Å². The predicted molar refractivity (Wildman–Crippen MR) is 251 cm³/mol. The summed E-state index contributed by atoms with van der Waals surface area (Å²) in [6, 6.07) is 75.3. The Hall–Kier alpha value is -7.91. The van der Waals surface area contributed by atoms with Crippen LogP contribution in [0.5, 0.6) is 0 Å². The van der Waals surface area contributed by atoms with E-state index in [9.17, 15) is 5.26 Å². The smallest absolute Gasteiger partial charge is 0.164 e. The minimum Gasteiger partial charge on any atom is -0.208 e. The molecule has 1 aliphatic heterocycles. The second-order valence-electron chi connectivity index (χ2n) is 15.8. The summed E-state index contributed by atoms with van der Waals surface area (Å²) in [6.45, 7) is 0. The third kappa shape index (κ3) is 5.51. The number of fused-ring (bicyclic) bond motifs is 10. The first kappa shape index (κ1) is 36.0. The summed E-state index contributed by atoms with van der Waals surface area (Å²) in [5, 5.41) is 11.8. The highest BCUT2D eigenvalue weighted by Gasteiger charge is 2.51. The van der Waals surface area contributed by atoms with Crippen LogP contribution < -0.4 is 0 Å². The molecule has 0 atom stereocenters. The van der Waals surface area contributed by atoms with Crippen molar-refractivity contribution >= 4 is 22.5 Å². The highest BCUT2D eigenvalue weighted by atomic mass is 32.2. The number of hydrogen-bond donors (Lipinski definition) is 0. The van der Waals surface area contributed by atoms with Gasteiger partial charge in [-0.3, -0.25) is 0 Å². The zero-order chi connectivity index (χ0) is 41.2.